The number of nitrogens with one attached hydrogen (secondary N) is 2. The molecule has 14 nitrogen and oxygen atoms in total. The second-order valence-corrected chi connectivity index (χ2v) is 16.1. The van der Waals surface area contributed by atoms with Gasteiger partial charge in [0.15, 0.2) is 0 Å². The summed E-state index contributed by atoms with van der Waals surface area (Å²) in [6, 6.07) is 2.95. The molecule has 0 bridgehead atoms. The van der Waals surface area contributed by atoms with Crippen LogP contribution in [-0.2, 0) is 23.9 Å². The smallest absolute Gasteiger partial charge is 0.408 e. The number of amides is 3. The number of nitrogens with zero attached hydrogens (tertiary/aromatic N) is 2. The average molecular weight is 759 g/mol. The number of carbonyl (C=O) groups excluding carboxylic acids is 3. The van der Waals surface area contributed by atoms with Crippen LogP contribution in [0.15, 0.2) is 18.2 Å². The lowest BCUT2D eigenvalue weighted by Crippen LogP contribution is -2.59. The zero-order valence-electron chi connectivity index (χ0n) is 31.2. The van der Waals surface area contributed by atoms with Crippen LogP contribution in [0.2, 0.25) is 5.02 Å². The monoisotopic (exact) mass is 758 g/mol. The molecule has 1 saturated heterocycles. The van der Waals surface area contributed by atoms with E-state index in [0.717, 1.165) is 12.8 Å². The molecule has 6 rings (SSSR count). The lowest BCUT2D eigenvalue weighted by atomic mass is 9.85. The fourth-order valence-corrected chi connectivity index (χ4v) is 8.14. The Morgan fingerprint density at radius 3 is 2.40 bits per heavy atom. The third-order valence-corrected chi connectivity index (χ3v) is 11.3. The van der Waals surface area contributed by atoms with Gasteiger partial charge in [-0.15, -0.1) is 0 Å². The number of carboxylic acids is 1. The summed E-state index contributed by atoms with van der Waals surface area (Å²) in [6.07, 6.45) is 2.17. The van der Waals surface area contributed by atoms with Crippen molar-refractivity contribution in [1.29, 1.82) is 0 Å². The molecule has 290 valence electrons. The van der Waals surface area contributed by atoms with Gasteiger partial charge in [0.05, 0.1) is 19.8 Å². The van der Waals surface area contributed by atoms with Gasteiger partial charge in [0.25, 0.3) is 0 Å². The van der Waals surface area contributed by atoms with Gasteiger partial charge in [-0.05, 0) is 67.9 Å². The van der Waals surface area contributed by atoms with Gasteiger partial charge in [-0.1, -0.05) is 45.7 Å². The number of aliphatic carboxylic acids is 1. The minimum atomic E-state index is -1.40. The van der Waals surface area contributed by atoms with Gasteiger partial charge in [0.2, 0.25) is 17.7 Å². The van der Waals surface area contributed by atoms with Gasteiger partial charge >= 0.3 is 12.1 Å². The number of carboxylic acid groups (broad SMARTS) is 1. The number of rotatable bonds is 15. The quantitative estimate of drug-likeness (QED) is 0.209. The predicted molar refractivity (Wildman–Crippen MR) is 194 cm³/mol. The normalized spacial score (nSPS) is 27.8. The van der Waals surface area contributed by atoms with E-state index < -0.39 is 53.0 Å². The highest BCUT2D eigenvalue weighted by atomic mass is 35.5. The summed E-state index contributed by atoms with van der Waals surface area (Å²) >= 11 is 6.77. The summed E-state index contributed by atoms with van der Waals surface area (Å²) in [4.78, 5) is 60.1. The topological polar surface area (TPSA) is 175 Å². The van der Waals surface area contributed by atoms with Crippen molar-refractivity contribution in [3.05, 3.63) is 23.2 Å². The van der Waals surface area contributed by atoms with Crippen LogP contribution in [0.3, 0.4) is 0 Å². The van der Waals surface area contributed by atoms with E-state index >= 15 is 0 Å². The molecule has 3 aliphatic carbocycles. The van der Waals surface area contributed by atoms with E-state index in [1.54, 1.807) is 25.3 Å². The Hall–Kier alpha value is -4.04. The van der Waals surface area contributed by atoms with E-state index in [-0.39, 0.29) is 42.5 Å². The minimum Gasteiger partial charge on any atom is -0.490 e. The zero-order valence-corrected chi connectivity index (χ0v) is 32.0. The van der Waals surface area contributed by atoms with E-state index in [9.17, 15) is 24.3 Å². The van der Waals surface area contributed by atoms with Gasteiger partial charge in [-0.25, -0.2) is 14.6 Å². The molecule has 4 aliphatic rings. The Bertz CT molecular complexity index is 1720. The van der Waals surface area contributed by atoms with Gasteiger partial charge < -0.3 is 44.3 Å². The molecular formula is C38H51ClN4O10. The Balaban J connectivity index is 1.28. The summed E-state index contributed by atoms with van der Waals surface area (Å²) in [5.41, 5.74) is -1.80. The van der Waals surface area contributed by atoms with Crippen LogP contribution in [0, 0.1) is 23.2 Å². The number of benzene rings is 1. The van der Waals surface area contributed by atoms with Crippen LogP contribution < -0.4 is 24.8 Å². The number of carbonyl (C=O) groups is 4. The standard InChI is InChI=1S/C38H51ClN4O10/c1-7-22-18-38(22,35(46)47)42-33(44)26-16-24(19-43(26)34(45)32(37(3,4)5)41-36(48)53-23-14-20-13-21(20)15-23)52-28-17-29(50-8-2)40-31-25(28)9-10-27(30(31)39)51-12-11-49-6/h9-10,17,20-24,26,32H,7-8,11-16,18-19H2,1-6H3,(H,41,48)(H,42,44)(H,46,47)/t20-,21+,22-,23+,24-,26+,32-,38-/m1/s1. The predicted octanol–water partition coefficient (Wildman–Crippen LogP) is 4.97. The second kappa shape index (κ2) is 15.4. The van der Waals surface area contributed by atoms with Crippen LogP contribution in [0.1, 0.15) is 73.1 Å². The van der Waals surface area contributed by atoms with Crippen LogP contribution in [0.25, 0.3) is 10.9 Å². The molecule has 0 unspecified atom stereocenters. The maximum Gasteiger partial charge on any atom is 0.408 e. The van der Waals surface area contributed by atoms with Gasteiger partial charge in [0.1, 0.15) is 58.5 Å². The first-order valence-electron chi connectivity index (χ1n) is 18.6. The number of likely N-dealkylation sites (tertiary alicyclic amines) is 1. The third-order valence-electron chi connectivity index (χ3n) is 11.0. The fourth-order valence-electron chi connectivity index (χ4n) is 7.87. The largest absolute Gasteiger partial charge is 0.490 e. The van der Waals surface area contributed by atoms with E-state index in [1.165, 1.54) is 11.3 Å². The molecule has 3 saturated carbocycles. The molecule has 1 aliphatic heterocycles. The SMILES string of the molecule is CCOc1cc(O[C@@H]2C[C@@H](C(=O)N[C@]3(C(=O)O)C[C@H]3CC)N(C(=O)[C@@H](NC(=O)O[C@@H]3C[C@@H]4C[C@@H]4C3)C(C)(C)C)C2)c2ccc(OCCOC)c(Cl)c2n1. The second-order valence-electron chi connectivity index (χ2n) is 15.8. The first-order valence-corrected chi connectivity index (χ1v) is 18.9. The number of aromatic nitrogens is 1. The van der Waals surface area contributed by atoms with Gasteiger partial charge in [0, 0.05) is 25.0 Å². The van der Waals surface area contributed by atoms with Gasteiger partial charge in [-0.2, -0.15) is 0 Å². The van der Waals surface area contributed by atoms with Crippen molar-refractivity contribution >= 4 is 46.4 Å². The molecular weight excluding hydrogens is 708 g/mol. The van der Waals surface area contributed by atoms with Crippen molar-refractivity contribution in [2.45, 2.75) is 103 Å². The van der Waals surface area contributed by atoms with Crippen LogP contribution in [0.5, 0.6) is 17.4 Å². The minimum absolute atomic E-state index is 0.0246. The highest BCUT2D eigenvalue weighted by Gasteiger charge is 2.61. The van der Waals surface area contributed by atoms with Crippen molar-refractivity contribution in [3.63, 3.8) is 0 Å². The van der Waals surface area contributed by atoms with Crippen LogP contribution in [-0.4, -0.2) is 102 Å². The van der Waals surface area contributed by atoms with E-state index in [4.69, 9.17) is 35.3 Å². The summed E-state index contributed by atoms with van der Waals surface area (Å²) in [6.45, 7) is 10.1. The average Bonchev–Trinajstić information content (AvgIpc) is 3.91. The summed E-state index contributed by atoms with van der Waals surface area (Å²) in [5.74, 6) is -0.208. The molecule has 1 aromatic heterocycles. The first kappa shape index (κ1) is 38.7. The Morgan fingerprint density at radius 1 is 1.04 bits per heavy atom. The third kappa shape index (κ3) is 8.23. The van der Waals surface area contributed by atoms with Crippen molar-refractivity contribution in [1.82, 2.24) is 20.5 Å². The Morgan fingerprint density at radius 2 is 1.77 bits per heavy atom. The molecule has 3 amide bonds. The number of alkyl carbamates (subject to hydrolysis) is 1. The van der Waals surface area contributed by atoms with Crippen molar-refractivity contribution < 1.29 is 48.0 Å². The van der Waals surface area contributed by atoms with Crippen LogP contribution in [0.4, 0.5) is 4.79 Å². The first-order chi connectivity index (χ1) is 25.2. The van der Waals surface area contributed by atoms with Gasteiger partial charge in [-0.3, -0.25) is 9.59 Å². The number of hydrogen-bond donors (Lipinski definition) is 3. The molecule has 4 fully saturated rings. The summed E-state index contributed by atoms with van der Waals surface area (Å²) < 4.78 is 28.9. The lowest BCUT2D eigenvalue weighted by molar-refractivity contribution is -0.146. The summed E-state index contributed by atoms with van der Waals surface area (Å²) in [7, 11) is 1.57. The number of hydrogen-bond acceptors (Lipinski definition) is 10. The van der Waals surface area contributed by atoms with E-state index in [2.05, 4.69) is 15.6 Å². The summed E-state index contributed by atoms with van der Waals surface area (Å²) in [5, 5.41) is 16.5. The van der Waals surface area contributed by atoms with Crippen molar-refractivity contribution in [3.8, 4) is 17.4 Å². The van der Waals surface area contributed by atoms with Crippen molar-refractivity contribution in [2.75, 3.05) is 33.5 Å². The van der Waals surface area contributed by atoms with E-state index in [0.29, 0.717) is 60.3 Å². The number of fused-ring (bicyclic) bond motifs is 2. The Labute approximate surface area is 314 Å². The number of methoxy groups -OCH3 is 1. The fraction of sp³-hybridized carbons (Fsp3) is 0.658. The maximum atomic E-state index is 14.5. The number of ether oxygens (including phenoxy) is 5. The zero-order chi connectivity index (χ0) is 38.2. The molecule has 53 heavy (non-hydrogen) atoms. The Kier molecular flexibility index (Phi) is 11.2. The maximum absolute atomic E-state index is 14.5. The van der Waals surface area contributed by atoms with Crippen molar-refractivity contribution in [2.24, 2.45) is 23.2 Å². The number of halogens is 1. The molecule has 2 heterocycles. The lowest BCUT2D eigenvalue weighted by Gasteiger charge is -2.35. The molecule has 15 heteroatoms. The molecule has 1 aromatic carbocycles. The van der Waals surface area contributed by atoms with E-state index in [1.807, 2.05) is 34.6 Å². The highest BCUT2D eigenvalue weighted by Crippen LogP contribution is 2.52. The van der Waals surface area contributed by atoms with Crippen LogP contribution >= 0.6 is 11.6 Å². The highest BCUT2D eigenvalue weighted by molar-refractivity contribution is 6.36. The molecule has 0 radical (unpaired) electrons. The molecule has 0 spiro atoms. The molecule has 2 aromatic rings. The molecule has 3 N–H and O–H groups in total. The molecule has 8 atom stereocenters. The number of pyridine rings is 1.